The molecule has 0 saturated carbocycles. The second kappa shape index (κ2) is 7.55. The number of hydrogen-bond acceptors (Lipinski definition) is 4. The summed E-state index contributed by atoms with van der Waals surface area (Å²) in [4.78, 5) is 13.0. The van der Waals surface area contributed by atoms with Crippen LogP contribution in [0.25, 0.3) is 0 Å². The number of halogens is 1. The van der Waals surface area contributed by atoms with Gasteiger partial charge in [0.2, 0.25) is 0 Å². The van der Waals surface area contributed by atoms with Crippen LogP contribution in [-0.2, 0) is 10.2 Å². The number of hydrogen-bond donors (Lipinski definition) is 1. The van der Waals surface area contributed by atoms with Gasteiger partial charge in [-0.2, -0.15) is 0 Å². The molecular weight excluding hydrogens is 346 g/mol. The second-order valence-electron chi connectivity index (χ2n) is 5.91. The van der Waals surface area contributed by atoms with Crippen molar-refractivity contribution < 1.29 is 14.3 Å². The Bertz CT molecular complexity index is 693. The van der Waals surface area contributed by atoms with E-state index in [0.29, 0.717) is 29.0 Å². The fourth-order valence-corrected chi connectivity index (χ4v) is 4.01. The zero-order valence-corrected chi connectivity index (χ0v) is 15.1. The third-order valence-electron chi connectivity index (χ3n) is 4.54. The van der Waals surface area contributed by atoms with Crippen LogP contribution in [0.2, 0.25) is 4.34 Å². The van der Waals surface area contributed by atoms with Crippen LogP contribution < -0.4 is 10.1 Å². The van der Waals surface area contributed by atoms with Gasteiger partial charge in [0.25, 0.3) is 5.91 Å². The third-order valence-corrected chi connectivity index (χ3v) is 5.77. The lowest BCUT2D eigenvalue weighted by molar-refractivity contribution is 0.0487. The number of thiophene rings is 1. The lowest BCUT2D eigenvalue weighted by atomic mass is 9.74. The van der Waals surface area contributed by atoms with E-state index in [9.17, 15) is 4.79 Å². The van der Waals surface area contributed by atoms with Crippen molar-refractivity contribution in [2.45, 2.75) is 18.3 Å². The number of amides is 1. The third kappa shape index (κ3) is 3.74. The van der Waals surface area contributed by atoms with Gasteiger partial charge in [-0.25, -0.2) is 0 Å². The van der Waals surface area contributed by atoms with E-state index in [1.807, 2.05) is 12.1 Å². The maximum Gasteiger partial charge on any atom is 0.261 e. The molecule has 1 aromatic carbocycles. The second-order valence-corrected chi connectivity index (χ2v) is 7.62. The molecule has 0 spiro atoms. The number of rotatable bonds is 5. The van der Waals surface area contributed by atoms with Gasteiger partial charge in [-0.15, -0.1) is 11.3 Å². The van der Waals surface area contributed by atoms with Gasteiger partial charge in [0.1, 0.15) is 5.75 Å². The molecule has 2 heterocycles. The zero-order valence-electron chi connectivity index (χ0n) is 13.5. The number of methoxy groups -OCH3 is 1. The number of carbonyl (C=O) groups is 1. The molecule has 4 nitrogen and oxygen atoms in total. The standard InChI is InChI=1S/C18H20ClNO3S/c1-22-14-4-2-13(3-5-14)18(8-10-23-11-9-18)12-20-17(21)15-6-7-16(19)24-15/h2-7H,8-12H2,1H3,(H,20,21). The molecule has 24 heavy (non-hydrogen) atoms. The molecule has 2 aromatic rings. The molecule has 0 atom stereocenters. The predicted molar refractivity (Wildman–Crippen MR) is 96.4 cm³/mol. The van der Waals surface area contributed by atoms with Crippen LogP contribution in [-0.4, -0.2) is 32.8 Å². The Morgan fingerprint density at radius 1 is 1.25 bits per heavy atom. The first-order valence-electron chi connectivity index (χ1n) is 7.89. The molecule has 1 aliphatic rings. The first kappa shape index (κ1) is 17.3. The summed E-state index contributed by atoms with van der Waals surface area (Å²) in [6.07, 6.45) is 1.76. The average molecular weight is 366 g/mol. The van der Waals surface area contributed by atoms with Gasteiger partial charge in [-0.05, 0) is 42.7 Å². The van der Waals surface area contributed by atoms with E-state index in [4.69, 9.17) is 21.1 Å². The van der Waals surface area contributed by atoms with E-state index in [-0.39, 0.29) is 11.3 Å². The minimum absolute atomic E-state index is 0.0775. The minimum atomic E-state index is -0.110. The normalized spacial score (nSPS) is 16.6. The van der Waals surface area contributed by atoms with Crippen LogP contribution in [0, 0.1) is 0 Å². The van der Waals surface area contributed by atoms with Gasteiger partial charge in [-0.3, -0.25) is 4.79 Å². The average Bonchev–Trinajstić information content (AvgIpc) is 3.07. The molecule has 0 bridgehead atoms. The summed E-state index contributed by atoms with van der Waals surface area (Å²) in [6, 6.07) is 11.6. The van der Waals surface area contributed by atoms with Crippen molar-refractivity contribution in [3.05, 3.63) is 51.2 Å². The molecule has 1 N–H and O–H groups in total. The molecule has 0 unspecified atom stereocenters. The minimum Gasteiger partial charge on any atom is -0.497 e. The van der Waals surface area contributed by atoms with Crippen molar-refractivity contribution >= 4 is 28.8 Å². The Hall–Kier alpha value is -1.56. The molecule has 0 aliphatic carbocycles. The molecule has 6 heteroatoms. The van der Waals surface area contributed by atoms with E-state index >= 15 is 0 Å². The molecule has 128 valence electrons. The van der Waals surface area contributed by atoms with Gasteiger partial charge < -0.3 is 14.8 Å². The zero-order chi connectivity index (χ0) is 17.0. The van der Waals surface area contributed by atoms with E-state index < -0.39 is 0 Å². The van der Waals surface area contributed by atoms with Gasteiger partial charge in [0.05, 0.1) is 16.3 Å². The van der Waals surface area contributed by atoms with E-state index in [1.54, 1.807) is 19.2 Å². The summed E-state index contributed by atoms with van der Waals surface area (Å²) in [6.45, 7) is 1.98. The van der Waals surface area contributed by atoms with Crippen molar-refractivity contribution in [2.24, 2.45) is 0 Å². The summed E-state index contributed by atoms with van der Waals surface area (Å²) >= 11 is 7.21. The van der Waals surface area contributed by atoms with Crippen molar-refractivity contribution in [1.29, 1.82) is 0 Å². The molecule has 1 amide bonds. The summed E-state index contributed by atoms with van der Waals surface area (Å²) in [5, 5.41) is 3.08. The number of benzene rings is 1. The molecular formula is C18H20ClNO3S. The molecule has 1 fully saturated rings. The fourth-order valence-electron chi connectivity index (χ4n) is 3.05. The highest BCUT2D eigenvalue weighted by Gasteiger charge is 2.35. The summed E-state index contributed by atoms with van der Waals surface area (Å²) < 4.78 is 11.4. The van der Waals surface area contributed by atoms with Crippen LogP contribution in [0.1, 0.15) is 28.1 Å². The quantitative estimate of drug-likeness (QED) is 0.874. The molecule has 1 aliphatic heterocycles. The summed E-state index contributed by atoms with van der Waals surface area (Å²) in [7, 11) is 1.66. The summed E-state index contributed by atoms with van der Waals surface area (Å²) in [5.41, 5.74) is 1.09. The smallest absolute Gasteiger partial charge is 0.261 e. The lowest BCUT2D eigenvalue weighted by Gasteiger charge is -2.38. The first-order chi connectivity index (χ1) is 11.6. The molecule has 0 radical (unpaired) electrons. The van der Waals surface area contributed by atoms with Crippen LogP contribution in [0.3, 0.4) is 0 Å². The van der Waals surface area contributed by atoms with Crippen molar-refractivity contribution in [2.75, 3.05) is 26.9 Å². The van der Waals surface area contributed by atoms with Crippen molar-refractivity contribution in [1.82, 2.24) is 5.32 Å². The molecule has 1 aromatic heterocycles. The van der Waals surface area contributed by atoms with Gasteiger partial charge in [0, 0.05) is 25.2 Å². The van der Waals surface area contributed by atoms with Gasteiger partial charge >= 0.3 is 0 Å². The van der Waals surface area contributed by atoms with Gasteiger partial charge in [0.15, 0.2) is 0 Å². The number of carbonyl (C=O) groups excluding carboxylic acids is 1. The Balaban J connectivity index is 1.76. The summed E-state index contributed by atoms with van der Waals surface area (Å²) in [5.74, 6) is 0.754. The van der Waals surface area contributed by atoms with Crippen LogP contribution in [0.4, 0.5) is 0 Å². The van der Waals surface area contributed by atoms with Crippen LogP contribution in [0.15, 0.2) is 36.4 Å². The maximum atomic E-state index is 12.4. The lowest BCUT2D eigenvalue weighted by Crippen LogP contribution is -2.44. The van der Waals surface area contributed by atoms with E-state index in [2.05, 4.69) is 17.4 Å². The van der Waals surface area contributed by atoms with Crippen LogP contribution in [0.5, 0.6) is 5.75 Å². The van der Waals surface area contributed by atoms with E-state index in [1.165, 1.54) is 16.9 Å². The highest BCUT2D eigenvalue weighted by Crippen LogP contribution is 2.35. The highest BCUT2D eigenvalue weighted by atomic mass is 35.5. The van der Waals surface area contributed by atoms with E-state index in [0.717, 1.165) is 18.6 Å². The Morgan fingerprint density at radius 2 is 1.96 bits per heavy atom. The topological polar surface area (TPSA) is 47.6 Å². The van der Waals surface area contributed by atoms with Crippen molar-refractivity contribution in [3.63, 3.8) is 0 Å². The maximum absolute atomic E-state index is 12.4. The monoisotopic (exact) mass is 365 g/mol. The fraction of sp³-hybridized carbons (Fsp3) is 0.389. The molecule has 3 rings (SSSR count). The Kier molecular flexibility index (Phi) is 5.43. The van der Waals surface area contributed by atoms with Gasteiger partial charge in [-0.1, -0.05) is 23.7 Å². The Labute approximate surface area is 150 Å². The molecule has 1 saturated heterocycles. The Morgan fingerprint density at radius 3 is 2.54 bits per heavy atom. The SMILES string of the molecule is COc1ccc(C2(CNC(=O)c3ccc(Cl)s3)CCOCC2)cc1. The predicted octanol–water partition coefficient (Wildman–Crippen LogP) is 3.89. The number of ether oxygens (including phenoxy) is 2. The largest absolute Gasteiger partial charge is 0.497 e. The number of nitrogens with one attached hydrogen (secondary N) is 1. The van der Waals surface area contributed by atoms with Crippen LogP contribution >= 0.6 is 22.9 Å². The first-order valence-corrected chi connectivity index (χ1v) is 9.08. The highest BCUT2D eigenvalue weighted by molar-refractivity contribution is 7.17. The van der Waals surface area contributed by atoms with Crippen molar-refractivity contribution in [3.8, 4) is 5.75 Å².